The van der Waals surface area contributed by atoms with Gasteiger partial charge in [0, 0.05) is 10.2 Å². The fourth-order valence-electron chi connectivity index (χ4n) is 2.28. The minimum absolute atomic E-state index is 0.681. The summed E-state index contributed by atoms with van der Waals surface area (Å²) in [5, 5.41) is 1.09. The Bertz CT molecular complexity index is 148. The molecule has 2 heteroatoms. The first-order chi connectivity index (χ1) is 8.81. The lowest BCUT2D eigenvalue weighted by atomic mass is 10.0. The van der Waals surface area contributed by atoms with Crippen LogP contribution in [0.4, 0.5) is 0 Å². The van der Waals surface area contributed by atoms with E-state index in [0.29, 0.717) is 4.83 Å². The number of hydrogen-bond donors (Lipinski definition) is 0. The third-order valence-electron chi connectivity index (χ3n) is 3.54. The fourth-order valence-corrected chi connectivity index (χ4v) is 2.93. The molecule has 0 radical (unpaired) electrons. The number of halogens is 2. The van der Waals surface area contributed by atoms with Crippen molar-refractivity contribution in [2.24, 2.45) is 0 Å². The second-order valence-electron chi connectivity index (χ2n) is 5.43. The summed E-state index contributed by atoms with van der Waals surface area (Å²) in [5.41, 5.74) is 0. The van der Waals surface area contributed by atoms with Crippen molar-refractivity contribution < 1.29 is 0 Å². The first kappa shape index (κ1) is 19.0. The highest BCUT2D eigenvalue weighted by atomic mass is 79.9. The molecule has 1 atom stereocenters. The summed E-state index contributed by atoms with van der Waals surface area (Å²) in [6.07, 6.45) is 18.6. The van der Waals surface area contributed by atoms with Crippen LogP contribution in [0.25, 0.3) is 0 Å². The van der Waals surface area contributed by atoms with E-state index in [0.717, 1.165) is 5.33 Å². The second kappa shape index (κ2) is 16.0. The summed E-state index contributed by atoms with van der Waals surface area (Å²) in [5.74, 6) is 0. The van der Waals surface area contributed by atoms with Crippen LogP contribution in [0.2, 0.25) is 0 Å². The molecular formula is C16H32Br2. The van der Waals surface area contributed by atoms with Crippen LogP contribution in [0.5, 0.6) is 0 Å². The molecule has 0 aliphatic heterocycles. The summed E-state index contributed by atoms with van der Waals surface area (Å²) in [7, 11) is 0. The molecule has 110 valence electrons. The van der Waals surface area contributed by atoms with E-state index in [4.69, 9.17) is 0 Å². The van der Waals surface area contributed by atoms with Gasteiger partial charge in [0.15, 0.2) is 0 Å². The van der Waals surface area contributed by atoms with Gasteiger partial charge in [0.2, 0.25) is 0 Å². The van der Waals surface area contributed by atoms with Gasteiger partial charge < -0.3 is 0 Å². The minimum Gasteiger partial charge on any atom is -0.0916 e. The van der Waals surface area contributed by atoms with Gasteiger partial charge >= 0.3 is 0 Å². The molecule has 0 aromatic rings. The third kappa shape index (κ3) is 15.0. The second-order valence-corrected chi connectivity index (χ2v) is 7.37. The van der Waals surface area contributed by atoms with Crippen molar-refractivity contribution in [3.05, 3.63) is 0 Å². The van der Waals surface area contributed by atoms with E-state index in [-0.39, 0.29) is 0 Å². The molecular weight excluding hydrogens is 352 g/mol. The molecule has 18 heavy (non-hydrogen) atoms. The minimum atomic E-state index is 0.681. The molecule has 0 rings (SSSR count). The molecule has 0 amide bonds. The molecule has 0 aromatic heterocycles. The molecule has 0 aliphatic carbocycles. The predicted octanol–water partition coefficient (Wildman–Crippen LogP) is 7.24. The highest BCUT2D eigenvalue weighted by Crippen LogP contribution is 2.15. The Morgan fingerprint density at radius 1 is 0.667 bits per heavy atom. The van der Waals surface area contributed by atoms with Crippen LogP contribution in [0.3, 0.4) is 0 Å². The highest BCUT2D eigenvalue weighted by Gasteiger charge is 2.00. The van der Waals surface area contributed by atoms with Gasteiger partial charge in [0.05, 0.1) is 0 Å². The monoisotopic (exact) mass is 382 g/mol. The summed E-state index contributed by atoms with van der Waals surface area (Å²) in [4.78, 5) is 0.681. The van der Waals surface area contributed by atoms with Crippen LogP contribution < -0.4 is 0 Å². The van der Waals surface area contributed by atoms with Crippen molar-refractivity contribution in [3.8, 4) is 0 Å². The van der Waals surface area contributed by atoms with Gasteiger partial charge in [0.25, 0.3) is 0 Å². The van der Waals surface area contributed by atoms with Gasteiger partial charge in [-0.05, 0) is 6.42 Å². The lowest BCUT2D eigenvalue weighted by molar-refractivity contribution is 0.540. The molecule has 0 saturated carbocycles. The van der Waals surface area contributed by atoms with Crippen molar-refractivity contribution in [1.82, 2.24) is 0 Å². The van der Waals surface area contributed by atoms with E-state index in [1.54, 1.807) is 0 Å². The highest BCUT2D eigenvalue weighted by molar-refractivity contribution is 9.12. The maximum absolute atomic E-state index is 3.66. The van der Waals surface area contributed by atoms with Gasteiger partial charge in [-0.1, -0.05) is 116 Å². The van der Waals surface area contributed by atoms with Crippen LogP contribution in [0.1, 0.15) is 90.4 Å². The van der Waals surface area contributed by atoms with E-state index < -0.39 is 0 Å². The summed E-state index contributed by atoms with van der Waals surface area (Å²) >= 11 is 7.16. The average molecular weight is 384 g/mol. The van der Waals surface area contributed by atoms with Crippen LogP contribution in [-0.2, 0) is 0 Å². The molecule has 0 spiro atoms. The molecule has 0 aliphatic rings. The zero-order chi connectivity index (χ0) is 13.5. The van der Waals surface area contributed by atoms with Gasteiger partial charge in [-0.15, -0.1) is 0 Å². The van der Waals surface area contributed by atoms with E-state index in [2.05, 4.69) is 38.8 Å². The largest absolute Gasteiger partial charge is 0.0916 e. The van der Waals surface area contributed by atoms with E-state index >= 15 is 0 Å². The zero-order valence-corrected chi connectivity index (χ0v) is 15.4. The number of rotatable bonds is 14. The maximum atomic E-state index is 3.66. The van der Waals surface area contributed by atoms with Crippen LogP contribution >= 0.6 is 31.9 Å². The Morgan fingerprint density at radius 3 is 1.44 bits per heavy atom. The Kier molecular flexibility index (Phi) is 16.9. The number of unbranched alkanes of at least 4 members (excludes halogenated alkanes) is 11. The van der Waals surface area contributed by atoms with Crippen molar-refractivity contribution in [2.75, 3.05) is 5.33 Å². The SMILES string of the molecule is CCCCCCCCCCCCCC[C@H](Br)CBr. The van der Waals surface area contributed by atoms with Gasteiger partial charge in [-0.25, -0.2) is 0 Å². The molecule has 0 N–H and O–H groups in total. The molecule has 0 saturated heterocycles. The lowest BCUT2D eigenvalue weighted by Crippen LogP contribution is -1.97. The van der Waals surface area contributed by atoms with E-state index in [1.807, 2.05) is 0 Å². The quantitative estimate of drug-likeness (QED) is 0.219. The van der Waals surface area contributed by atoms with Gasteiger partial charge in [0.1, 0.15) is 0 Å². The lowest BCUT2D eigenvalue weighted by Gasteiger charge is -2.05. The predicted molar refractivity (Wildman–Crippen MR) is 92.2 cm³/mol. The molecule has 0 nitrogen and oxygen atoms in total. The van der Waals surface area contributed by atoms with E-state index in [9.17, 15) is 0 Å². The smallest absolute Gasteiger partial charge is 0.0242 e. The summed E-state index contributed by atoms with van der Waals surface area (Å²) in [6, 6.07) is 0. The summed E-state index contributed by atoms with van der Waals surface area (Å²) in [6.45, 7) is 2.29. The molecule has 0 fully saturated rings. The average Bonchev–Trinajstić information content (AvgIpc) is 2.39. The Balaban J connectivity index is 2.94. The fraction of sp³-hybridized carbons (Fsp3) is 1.00. The normalized spacial score (nSPS) is 12.8. The van der Waals surface area contributed by atoms with Gasteiger partial charge in [-0.3, -0.25) is 0 Å². The zero-order valence-electron chi connectivity index (χ0n) is 12.2. The van der Waals surface area contributed by atoms with Crippen LogP contribution in [0, 0.1) is 0 Å². The third-order valence-corrected chi connectivity index (χ3v) is 5.97. The first-order valence-corrected chi connectivity index (χ1v) is 10.0. The molecule has 0 aromatic carbocycles. The standard InChI is InChI=1S/C16H32Br2/c1-2-3-4-5-6-7-8-9-10-11-12-13-14-16(18)15-17/h16H,2-15H2,1H3/t16-/m0/s1. The number of hydrogen-bond acceptors (Lipinski definition) is 0. The first-order valence-electron chi connectivity index (χ1n) is 8.01. The van der Waals surface area contributed by atoms with Crippen molar-refractivity contribution in [1.29, 1.82) is 0 Å². The summed E-state index contributed by atoms with van der Waals surface area (Å²) < 4.78 is 0. The van der Waals surface area contributed by atoms with Crippen molar-refractivity contribution in [3.63, 3.8) is 0 Å². The Morgan fingerprint density at radius 2 is 1.06 bits per heavy atom. The van der Waals surface area contributed by atoms with Crippen molar-refractivity contribution >= 4 is 31.9 Å². The maximum Gasteiger partial charge on any atom is 0.0242 e. The topological polar surface area (TPSA) is 0 Å². The molecule has 0 unspecified atom stereocenters. The van der Waals surface area contributed by atoms with E-state index in [1.165, 1.54) is 83.5 Å². The Hall–Kier alpha value is 0.960. The van der Waals surface area contributed by atoms with Gasteiger partial charge in [-0.2, -0.15) is 0 Å². The Labute approximate surface area is 132 Å². The van der Waals surface area contributed by atoms with Crippen LogP contribution in [0.15, 0.2) is 0 Å². The number of alkyl halides is 2. The molecule has 0 heterocycles. The molecule has 0 bridgehead atoms. The van der Waals surface area contributed by atoms with Crippen molar-refractivity contribution in [2.45, 2.75) is 95.2 Å². The van der Waals surface area contributed by atoms with Crippen LogP contribution in [-0.4, -0.2) is 10.2 Å².